The first kappa shape index (κ1) is 36.8. The van der Waals surface area contributed by atoms with Crippen molar-refractivity contribution in [2.75, 3.05) is 26.2 Å². The highest BCUT2D eigenvalue weighted by Gasteiger charge is 2.84. The van der Waals surface area contributed by atoms with Gasteiger partial charge in [0.15, 0.2) is 6.29 Å². The maximum atomic E-state index is 14.0. The second-order valence-electron chi connectivity index (χ2n) is 19.2. The number of halogens is 2. The van der Waals surface area contributed by atoms with Crippen LogP contribution in [0.4, 0.5) is 8.78 Å². The quantitative estimate of drug-likeness (QED) is 0.351. The van der Waals surface area contributed by atoms with Gasteiger partial charge >= 0.3 is 0 Å². The van der Waals surface area contributed by atoms with Crippen LogP contribution in [-0.4, -0.2) is 83.7 Å². The maximum Gasteiger partial charge on any atom is 0.219 e. The molecule has 2 heterocycles. The highest BCUT2D eigenvalue weighted by atomic mass is 19.1. The van der Waals surface area contributed by atoms with Gasteiger partial charge in [0.25, 0.3) is 0 Å². The van der Waals surface area contributed by atoms with Gasteiger partial charge in [-0.3, -0.25) is 9.59 Å². The minimum atomic E-state index is -0.660. The number of carbonyl (C=O) groups excluding carboxylic acids is 2. The number of rotatable bonds is 6. The molecule has 5 aliphatic carbocycles. The third-order valence-electron chi connectivity index (χ3n) is 16.8. The highest BCUT2D eigenvalue weighted by molar-refractivity contribution is 5.73. The predicted octanol–water partition coefficient (Wildman–Crippen LogP) is 6.72. The van der Waals surface area contributed by atoms with Crippen molar-refractivity contribution in [3.63, 3.8) is 0 Å². The number of ether oxygens (including phenoxy) is 3. The third kappa shape index (κ3) is 5.22. The number of morpholine rings is 1. The molecule has 0 bridgehead atoms. The van der Waals surface area contributed by atoms with Crippen molar-refractivity contribution >= 4 is 11.8 Å². The van der Waals surface area contributed by atoms with Gasteiger partial charge in [-0.1, -0.05) is 34.6 Å². The minimum absolute atomic E-state index is 0.0385. The SMILES string of the molecule is CC(=O)N1CCOC(OC2CC[C@]34C[C@]35CC[C@]3(C)C6C(C)C[C@H](CN(Cc7cc(F)cc(F)c7)C(C)=O)O[C@@H]6[C@H](O)[C@@]3(C)[C@@H]5CC[C@H]4C2(C)C)C1. The fourth-order valence-electron chi connectivity index (χ4n) is 14.4. The Labute approximate surface area is 308 Å². The van der Waals surface area contributed by atoms with Gasteiger partial charge in [-0.25, -0.2) is 8.78 Å². The number of benzene rings is 1. The lowest BCUT2D eigenvalue weighted by molar-refractivity contribution is -0.247. The first-order valence-electron chi connectivity index (χ1n) is 20.0. The predicted molar refractivity (Wildman–Crippen MR) is 190 cm³/mol. The molecular formula is C42H60F2N2O6. The number of hydrogen-bond donors (Lipinski definition) is 1. The van der Waals surface area contributed by atoms with E-state index in [1.165, 1.54) is 31.9 Å². The molecule has 5 saturated carbocycles. The fraction of sp³-hybridized carbons (Fsp3) is 0.810. The van der Waals surface area contributed by atoms with Crippen LogP contribution >= 0.6 is 0 Å². The zero-order chi connectivity index (χ0) is 37.2. The van der Waals surface area contributed by atoms with Gasteiger partial charge in [0.1, 0.15) is 11.6 Å². The Morgan fingerprint density at radius 2 is 1.69 bits per heavy atom. The Kier molecular flexibility index (Phi) is 8.81. The van der Waals surface area contributed by atoms with Gasteiger partial charge < -0.3 is 29.1 Å². The van der Waals surface area contributed by atoms with E-state index < -0.39 is 17.7 Å². The van der Waals surface area contributed by atoms with Gasteiger partial charge in [0.05, 0.1) is 37.6 Å². The van der Waals surface area contributed by atoms with Crippen molar-refractivity contribution in [3.05, 3.63) is 35.4 Å². The van der Waals surface area contributed by atoms with E-state index in [0.29, 0.717) is 43.6 Å². The smallest absolute Gasteiger partial charge is 0.219 e. The Morgan fingerprint density at radius 3 is 2.38 bits per heavy atom. The van der Waals surface area contributed by atoms with Crippen LogP contribution in [0.25, 0.3) is 0 Å². The van der Waals surface area contributed by atoms with E-state index >= 15 is 0 Å². The van der Waals surface area contributed by atoms with Crippen molar-refractivity contribution in [2.45, 2.75) is 137 Å². The Balaban J connectivity index is 1.00. The van der Waals surface area contributed by atoms with Crippen LogP contribution in [0, 0.1) is 62.4 Å². The molecule has 2 aliphatic heterocycles. The molecule has 13 atom stereocenters. The van der Waals surface area contributed by atoms with Crippen molar-refractivity contribution in [1.29, 1.82) is 0 Å². The summed E-state index contributed by atoms with van der Waals surface area (Å²) in [4.78, 5) is 28.3. The van der Waals surface area contributed by atoms with Crippen molar-refractivity contribution in [3.8, 4) is 0 Å². The highest BCUT2D eigenvalue weighted by Crippen LogP contribution is 2.89. The molecule has 288 valence electrons. The van der Waals surface area contributed by atoms with Crippen LogP contribution in [0.1, 0.15) is 105 Å². The number of fused-ring (bicyclic) bond motifs is 4. The maximum absolute atomic E-state index is 14.0. The first-order chi connectivity index (χ1) is 24.5. The molecule has 1 aromatic carbocycles. The summed E-state index contributed by atoms with van der Waals surface area (Å²) in [5.41, 5.74) is 0.450. The summed E-state index contributed by atoms with van der Waals surface area (Å²) in [6.07, 6.45) is 7.05. The number of nitrogens with zero attached hydrogens (tertiary/aromatic N) is 2. The number of carbonyl (C=O) groups is 2. The zero-order valence-electron chi connectivity index (χ0n) is 32.3. The number of amides is 2. The molecule has 7 fully saturated rings. The average Bonchev–Trinajstić information content (AvgIpc) is 3.70. The molecule has 1 aromatic rings. The van der Waals surface area contributed by atoms with Gasteiger partial charge in [0, 0.05) is 45.0 Å². The number of hydrogen-bond acceptors (Lipinski definition) is 6. The van der Waals surface area contributed by atoms with E-state index in [1.54, 1.807) is 11.8 Å². The molecule has 2 saturated heterocycles. The van der Waals surface area contributed by atoms with Crippen LogP contribution in [0.15, 0.2) is 18.2 Å². The van der Waals surface area contributed by atoms with E-state index in [2.05, 4.69) is 34.6 Å². The third-order valence-corrected chi connectivity index (χ3v) is 16.8. The van der Waals surface area contributed by atoms with Crippen LogP contribution in [0.3, 0.4) is 0 Å². The van der Waals surface area contributed by atoms with E-state index in [4.69, 9.17) is 14.2 Å². The Hall–Kier alpha value is -2.14. The minimum Gasteiger partial charge on any atom is -0.390 e. The summed E-state index contributed by atoms with van der Waals surface area (Å²) in [5.74, 6) is 0.00262. The molecule has 4 unspecified atom stereocenters. The summed E-state index contributed by atoms with van der Waals surface area (Å²) < 4.78 is 47.7. The molecular weight excluding hydrogens is 666 g/mol. The van der Waals surface area contributed by atoms with Crippen LogP contribution in [0.5, 0.6) is 0 Å². The van der Waals surface area contributed by atoms with Crippen LogP contribution < -0.4 is 0 Å². The van der Waals surface area contributed by atoms with Crippen LogP contribution in [0.2, 0.25) is 0 Å². The van der Waals surface area contributed by atoms with Crippen molar-refractivity contribution < 1.29 is 37.7 Å². The zero-order valence-corrected chi connectivity index (χ0v) is 32.3. The normalized spacial score (nSPS) is 45.9. The van der Waals surface area contributed by atoms with E-state index in [0.717, 1.165) is 44.6 Å². The summed E-state index contributed by atoms with van der Waals surface area (Å²) in [6.45, 7) is 17.1. The lowest BCUT2D eigenvalue weighted by Crippen LogP contribution is -2.60. The molecule has 10 heteroatoms. The molecule has 2 spiro atoms. The average molecular weight is 727 g/mol. The van der Waals surface area contributed by atoms with Crippen LogP contribution in [-0.2, 0) is 30.3 Å². The van der Waals surface area contributed by atoms with Crippen molar-refractivity contribution in [2.24, 2.45) is 50.7 Å². The molecule has 8 nitrogen and oxygen atoms in total. The second kappa shape index (κ2) is 12.4. The van der Waals surface area contributed by atoms with Gasteiger partial charge in [-0.05, 0) is 114 Å². The standard InChI is InChI=1S/C42H60F2N2O6/c1-24-16-30(21-46(26(3)48)20-27-17-28(43)19-29(44)18-27)51-36-35(24)39(6)12-13-42-23-41(42)11-10-33(52-34-22-45(25(2)47)14-15-50-34)38(4,5)31(41)8-9-32(42)40(39,7)37(36)49/h17-19,24,30-37,49H,8-16,20-23H2,1-7H3/t24?,30-,31+,32+,33?,34?,35?,36+,37+,39-,40-,41-,42+/m1/s1. The monoisotopic (exact) mass is 726 g/mol. The van der Waals surface area contributed by atoms with Gasteiger partial charge in [-0.2, -0.15) is 0 Å². The molecule has 2 amide bonds. The molecule has 1 N–H and O–H groups in total. The molecule has 7 aliphatic rings. The number of aliphatic hydroxyl groups excluding tert-OH is 1. The first-order valence-corrected chi connectivity index (χ1v) is 20.0. The Bertz CT molecular complexity index is 1590. The largest absolute Gasteiger partial charge is 0.390 e. The Morgan fingerprint density at radius 1 is 1.00 bits per heavy atom. The summed E-state index contributed by atoms with van der Waals surface area (Å²) in [6, 6.07) is 3.39. The summed E-state index contributed by atoms with van der Waals surface area (Å²) >= 11 is 0. The summed E-state index contributed by atoms with van der Waals surface area (Å²) in [5, 5.41) is 12.6. The van der Waals surface area contributed by atoms with Crippen molar-refractivity contribution in [1.82, 2.24) is 9.80 Å². The topological polar surface area (TPSA) is 88.5 Å². The lowest BCUT2D eigenvalue weighted by Gasteiger charge is -2.64. The van der Waals surface area contributed by atoms with E-state index in [1.807, 2.05) is 4.90 Å². The second-order valence-corrected chi connectivity index (χ2v) is 19.2. The van der Waals surface area contributed by atoms with E-state index in [9.17, 15) is 23.5 Å². The molecule has 0 aromatic heterocycles. The molecule has 8 rings (SSSR count). The molecule has 52 heavy (non-hydrogen) atoms. The lowest BCUT2D eigenvalue weighted by atomic mass is 9.41. The van der Waals surface area contributed by atoms with E-state index in [-0.39, 0.29) is 81.9 Å². The van der Waals surface area contributed by atoms with Gasteiger partial charge in [0.2, 0.25) is 11.8 Å². The molecule has 0 radical (unpaired) electrons. The number of aliphatic hydroxyl groups is 1. The summed E-state index contributed by atoms with van der Waals surface area (Å²) in [7, 11) is 0. The van der Waals surface area contributed by atoms with Gasteiger partial charge in [-0.15, -0.1) is 0 Å². The fourth-order valence-corrected chi connectivity index (χ4v) is 14.4.